The van der Waals surface area contributed by atoms with Crippen molar-refractivity contribution >= 4 is 12.0 Å². The van der Waals surface area contributed by atoms with E-state index in [-0.39, 0.29) is 29.8 Å². The summed E-state index contributed by atoms with van der Waals surface area (Å²) >= 11 is 0. The molecule has 1 fully saturated rings. The van der Waals surface area contributed by atoms with Crippen molar-refractivity contribution in [1.29, 1.82) is 0 Å². The van der Waals surface area contributed by atoms with Crippen molar-refractivity contribution in [1.82, 2.24) is 10.2 Å². The van der Waals surface area contributed by atoms with Crippen molar-refractivity contribution < 1.29 is 18.7 Å². The van der Waals surface area contributed by atoms with E-state index < -0.39 is 5.60 Å². The lowest BCUT2D eigenvalue weighted by molar-refractivity contribution is -0.122. The van der Waals surface area contributed by atoms with E-state index in [1.807, 2.05) is 27.7 Å². The van der Waals surface area contributed by atoms with Gasteiger partial charge in [0.1, 0.15) is 11.4 Å². The number of nitrogens with zero attached hydrogens (tertiary/aromatic N) is 1. The fourth-order valence-electron chi connectivity index (χ4n) is 2.80. The minimum Gasteiger partial charge on any atom is -0.444 e. The third-order valence-electron chi connectivity index (χ3n) is 4.24. The van der Waals surface area contributed by atoms with Gasteiger partial charge in [-0.25, -0.2) is 9.18 Å². The number of ether oxygens (including phenoxy) is 1. The van der Waals surface area contributed by atoms with Gasteiger partial charge >= 0.3 is 6.09 Å². The maximum atomic E-state index is 12.9. The third kappa shape index (κ3) is 6.03. The van der Waals surface area contributed by atoms with Crippen LogP contribution in [0.2, 0.25) is 0 Å². The maximum absolute atomic E-state index is 12.9. The van der Waals surface area contributed by atoms with Crippen molar-refractivity contribution in [3.05, 3.63) is 35.6 Å². The molecule has 25 heavy (non-hydrogen) atoms. The van der Waals surface area contributed by atoms with Crippen LogP contribution in [0.15, 0.2) is 24.3 Å². The van der Waals surface area contributed by atoms with Crippen molar-refractivity contribution in [2.45, 2.75) is 58.1 Å². The fourth-order valence-corrected chi connectivity index (χ4v) is 2.80. The Kier molecular flexibility index (Phi) is 5.70. The van der Waals surface area contributed by atoms with E-state index in [0.717, 1.165) is 5.56 Å². The molecule has 1 aliphatic rings. The summed E-state index contributed by atoms with van der Waals surface area (Å²) in [5.41, 5.74) is -0.0923. The smallest absolute Gasteiger partial charge is 0.410 e. The largest absolute Gasteiger partial charge is 0.444 e. The van der Waals surface area contributed by atoms with E-state index in [4.69, 9.17) is 4.74 Å². The number of piperidine rings is 1. The molecule has 0 aliphatic carbocycles. The zero-order valence-electron chi connectivity index (χ0n) is 15.4. The molecule has 1 N–H and O–H groups in total. The number of halogens is 1. The van der Waals surface area contributed by atoms with Crippen LogP contribution in [0.4, 0.5) is 9.18 Å². The van der Waals surface area contributed by atoms with Crippen molar-refractivity contribution in [2.75, 3.05) is 13.1 Å². The minimum atomic E-state index is -0.513. The second-order valence-corrected chi connectivity index (χ2v) is 7.88. The average molecular weight is 350 g/mol. The van der Waals surface area contributed by atoms with Gasteiger partial charge in [0.2, 0.25) is 5.91 Å². The van der Waals surface area contributed by atoms with Crippen LogP contribution < -0.4 is 5.32 Å². The average Bonchev–Trinajstić information content (AvgIpc) is 2.48. The number of benzene rings is 1. The third-order valence-corrected chi connectivity index (χ3v) is 4.24. The standard InChI is InChI=1S/C19H27FN2O3/c1-18(2,3)25-17(24)22-11-9-19(4,10-12-22)21-16(23)13-14-5-7-15(20)8-6-14/h5-8H,9-13H2,1-4H3,(H,21,23). The highest BCUT2D eigenvalue weighted by atomic mass is 19.1. The molecular weight excluding hydrogens is 323 g/mol. The van der Waals surface area contributed by atoms with Crippen LogP contribution in [0.5, 0.6) is 0 Å². The Morgan fingerprint density at radius 2 is 1.76 bits per heavy atom. The number of amides is 2. The highest BCUT2D eigenvalue weighted by Gasteiger charge is 2.34. The first-order valence-electron chi connectivity index (χ1n) is 8.60. The topological polar surface area (TPSA) is 58.6 Å². The van der Waals surface area contributed by atoms with Crippen molar-refractivity contribution in [3.8, 4) is 0 Å². The summed E-state index contributed by atoms with van der Waals surface area (Å²) in [7, 11) is 0. The molecule has 1 saturated heterocycles. The SMILES string of the molecule is CC1(NC(=O)Cc2ccc(F)cc2)CCN(C(=O)OC(C)(C)C)CC1. The molecule has 0 bridgehead atoms. The van der Waals surface area contributed by atoms with Crippen LogP contribution in [-0.2, 0) is 16.0 Å². The molecule has 1 heterocycles. The number of carbonyl (C=O) groups excluding carboxylic acids is 2. The van der Waals surface area contributed by atoms with E-state index in [0.29, 0.717) is 25.9 Å². The van der Waals surface area contributed by atoms with Gasteiger partial charge in [-0.1, -0.05) is 12.1 Å². The van der Waals surface area contributed by atoms with Gasteiger partial charge in [0.05, 0.1) is 6.42 Å². The quantitative estimate of drug-likeness (QED) is 0.910. The van der Waals surface area contributed by atoms with E-state index in [9.17, 15) is 14.0 Å². The van der Waals surface area contributed by atoms with Crippen LogP contribution in [0.3, 0.4) is 0 Å². The van der Waals surface area contributed by atoms with Crippen LogP contribution in [0.25, 0.3) is 0 Å². The van der Waals surface area contributed by atoms with Crippen LogP contribution in [0, 0.1) is 5.82 Å². The Morgan fingerprint density at radius 1 is 1.20 bits per heavy atom. The Labute approximate surface area is 148 Å². The lowest BCUT2D eigenvalue weighted by atomic mass is 9.89. The Bertz CT molecular complexity index is 615. The molecule has 0 spiro atoms. The molecule has 5 nitrogen and oxygen atoms in total. The number of hydrogen-bond donors (Lipinski definition) is 1. The van der Waals surface area contributed by atoms with Gasteiger partial charge in [-0.15, -0.1) is 0 Å². The monoisotopic (exact) mass is 350 g/mol. The maximum Gasteiger partial charge on any atom is 0.410 e. The first kappa shape index (κ1) is 19.2. The summed E-state index contributed by atoms with van der Waals surface area (Å²) in [4.78, 5) is 26.0. The van der Waals surface area contributed by atoms with E-state index >= 15 is 0 Å². The predicted octanol–water partition coefficient (Wildman–Crippen LogP) is 3.27. The van der Waals surface area contributed by atoms with Gasteiger partial charge in [-0.3, -0.25) is 4.79 Å². The molecule has 0 unspecified atom stereocenters. The summed E-state index contributed by atoms with van der Waals surface area (Å²) in [5.74, 6) is -0.412. The summed E-state index contributed by atoms with van der Waals surface area (Å²) in [5, 5.41) is 3.05. The second-order valence-electron chi connectivity index (χ2n) is 7.88. The molecule has 138 valence electrons. The summed E-state index contributed by atoms with van der Waals surface area (Å²) < 4.78 is 18.3. The van der Waals surface area contributed by atoms with E-state index in [1.54, 1.807) is 17.0 Å². The molecule has 0 radical (unpaired) electrons. The highest BCUT2D eigenvalue weighted by molar-refractivity contribution is 5.79. The normalized spacial score (nSPS) is 17.1. The van der Waals surface area contributed by atoms with Crippen LogP contribution >= 0.6 is 0 Å². The van der Waals surface area contributed by atoms with Crippen LogP contribution in [-0.4, -0.2) is 41.1 Å². The van der Waals surface area contributed by atoms with Gasteiger partial charge in [-0.2, -0.15) is 0 Å². The van der Waals surface area contributed by atoms with Gasteiger partial charge in [0.15, 0.2) is 0 Å². The number of carbonyl (C=O) groups is 2. The first-order chi connectivity index (χ1) is 11.6. The Morgan fingerprint density at radius 3 is 2.28 bits per heavy atom. The molecule has 1 aromatic rings. The molecule has 2 amide bonds. The van der Waals surface area contributed by atoms with Crippen molar-refractivity contribution in [2.24, 2.45) is 0 Å². The molecule has 2 rings (SSSR count). The Hall–Kier alpha value is -2.11. The lowest BCUT2D eigenvalue weighted by Crippen LogP contribution is -2.55. The fraction of sp³-hybridized carbons (Fsp3) is 0.579. The zero-order chi connectivity index (χ0) is 18.7. The summed E-state index contributed by atoms with van der Waals surface area (Å²) in [6.07, 6.45) is 1.24. The summed E-state index contributed by atoms with van der Waals surface area (Å²) in [6.45, 7) is 8.60. The molecule has 1 aromatic carbocycles. The predicted molar refractivity (Wildman–Crippen MR) is 93.7 cm³/mol. The Balaban J connectivity index is 1.84. The lowest BCUT2D eigenvalue weighted by Gasteiger charge is -2.40. The molecule has 0 saturated carbocycles. The molecule has 6 heteroatoms. The van der Waals surface area contributed by atoms with E-state index in [1.165, 1.54) is 12.1 Å². The summed E-state index contributed by atoms with van der Waals surface area (Å²) in [6, 6.07) is 5.93. The highest BCUT2D eigenvalue weighted by Crippen LogP contribution is 2.23. The van der Waals surface area contributed by atoms with Crippen LogP contribution in [0.1, 0.15) is 46.1 Å². The number of nitrogens with one attached hydrogen (secondary N) is 1. The van der Waals surface area contributed by atoms with E-state index in [2.05, 4.69) is 5.32 Å². The number of hydrogen-bond acceptors (Lipinski definition) is 3. The van der Waals surface area contributed by atoms with Gasteiger partial charge in [-0.05, 0) is 58.2 Å². The molecular formula is C19H27FN2O3. The molecule has 1 aliphatic heterocycles. The molecule has 0 aromatic heterocycles. The first-order valence-corrected chi connectivity index (χ1v) is 8.60. The van der Waals surface area contributed by atoms with Gasteiger partial charge < -0.3 is 15.0 Å². The second kappa shape index (κ2) is 7.42. The van der Waals surface area contributed by atoms with Gasteiger partial charge in [0, 0.05) is 18.6 Å². The zero-order valence-corrected chi connectivity index (χ0v) is 15.4. The molecule has 0 atom stereocenters. The van der Waals surface area contributed by atoms with Gasteiger partial charge in [0.25, 0.3) is 0 Å². The van der Waals surface area contributed by atoms with Crippen molar-refractivity contribution in [3.63, 3.8) is 0 Å². The minimum absolute atomic E-state index is 0.0974. The number of likely N-dealkylation sites (tertiary alicyclic amines) is 1. The number of rotatable bonds is 3.